The van der Waals surface area contributed by atoms with Crippen LogP contribution in [0.4, 0.5) is 10.5 Å². The van der Waals surface area contributed by atoms with Crippen molar-refractivity contribution in [2.24, 2.45) is 0 Å². The van der Waals surface area contributed by atoms with Gasteiger partial charge in [0, 0.05) is 10.6 Å². The predicted molar refractivity (Wildman–Crippen MR) is 71.9 cm³/mol. The fourth-order valence-electron chi connectivity index (χ4n) is 1.21. The van der Waals surface area contributed by atoms with Crippen molar-refractivity contribution in [3.63, 3.8) is 0 Å². The van der Waals surface area contributed by atoms with E-state index in [0.717, 1.165) is 4.90 Å². The van der Waals surface area contributed by atoms with Gasteiger partial charge < -0.3 is 15.4 Å². The van der Waals surface area contributed by atoms with E-state index >= 15 is 0 Å². The molecule has 0 saturated heterocycles. The van der Waals surface area contributed by atoms with E-state index in [9.17, 15) is 9.59 Å². The lowest BCUT2D eigenvalue weighted by Crippen LogP contribution is -2.34. The molecule has 0 aliphatic carbocycles. The number of benzene rings is 1. The lowest BCUT2D eigenvalue weighted by Gasteiger charge is -2.07. The summed E-state index contributed by atoms with van der Waals surface area (Å²) in [6.07, 6.45) is 1.98. The minimum atomic E-state index is -0.453. The van der Waals surface area contributed by atoms with Gasteiger partial charge in [-0.2, -0.15) is 0 Å². The third kappa shape index (κ3) is 5.09. The Bertz CT molecular complexity index is 406. The zero-order valence-electron chi connectivity index (χ0n) is 10.4. The highest BCUT2D eigenvalue weighted by atomic mass is 32.2. The van der Waals surface area contributed by atoms with Gasteiger partial charge in [-0.3, -0.25) is 4.79 Å². The fraction of sp³-hybridized carbons (Fsp3) is 0.333. The monoisotopic (exact) mass is 268 g/mol. The Kier molecular flexibility index (Phi) is 6.07. The van der Waals surface area contributed by atoms with Gasteiger partial charge in [-0.25, -0.2) is 4.79 Å². The van der Waals surface area contributed by atoms with Crippen molar-refractivity contribution >= 4 is 29.4 Å². The van der Waals surface area contributed by atoms with Crippen LogP contribution < -0.4 is 10.6 Å². The molecule has 0 bridgehead atoms. The van der Waals surface area contributed by atoms with Gasteiger partial charge in [-0.15, -0.1) is 11.8 Å². The molecule has 0 radical (unpaired) electrons. The Labute approximate surface area is 110 Å². The first-order chi connectivity index (χ1) is 8.65. The van der Waals surface area contributed by atoms with Gasteiger partial charge in [0.25, 0.3) is 0 Å². The average molecular weight is 268 g/mol. The maximum absolute atomic E-state index is 11.4. The van der Waals surface area contributed by atoms with Crippen molar-refractivity contribution < 1.29 is 14.3 Å². The Morgan fingerprint density at radius 3 is 2.50 bits per heavy atom. The molecule has 1 rings (SSSR count). The average Bonchev–Trinajstić information content (AvgIpc) is 2.38. The molecule has 0 unspecified atom stereocenters. The largest absolute Gasteiger partial charge is 0.465 e. The van der Waals surface area contributed by atoms with Crippen LogP contribution in [-0.4, -0.2) is 31.4 Å². The Balaban J connectivity index is 2.37. The van der Waals surface area contributed by atoms with E-state index in [1.807, 2.05) is 18.4 Å². The van der Waals surface area contributed by atoms with E-state index in [0.29, 0.717) is 12.3 Å². The molecule has 0 saturated carbocycles. The molecule has 98 valence electrons. The maximum atomic E-state index is 11.4. The summed E-state index contributed by atoms with van der Waals surface area (Å²) in [6, 6.07) is 6.99. The van der Waals surface area contributed by atoms with Gasteiger partial charge in [-0.05, 0) is 37.4 Å². The van der Waals surface area contributed by atoms with Gasteiger partial charge in [0.2, 0.25) is 0 Å². The Morgan fingerprint density at radius 1 is 1.28 bits per heavy atom. The predicted octanol–water partition coefficient (Wildman–Crippen LogP) is 2.09. The van der Waals surface area contributed by atoms with Crippen molar-refractivity contribution in [1.82, 2.24) is 5.32 Å². The highest BCUT2D eigenvalue weighted by molar-refractivity contribution is 7.98. The van der Waals surface area contributed by atoms with E-state index in [1.165, 1.54) is 0 Å². The number of carbonyl (C=O) groups is 2. The molecule has 0 atom stereocenters. The molecule has 0 heterocycles. The molecular weight excluding hydrogens is 252 g/mol. The zero-order valence-corrected chi connectivity index (χ0v) is 11.2. The van der Waals surface area contributed by atoms with Crippen LogP contribution in [0.3, 0.4) is 0 Å². The summed E-state index contributed by atoms with van der Waals surface area (Å²) in [4.78, 5) is 23.6. The van der Waals surface area contributed by atoms with Crippen molar-refractivity contribution in [3.8, 4) is 0 Å². The van der Waals surface area contributed by atoms with Crippen LogP contribution in [0.15, 0.2) is 29.2 Å². The number of amides is 2. The quantitative estimate of drug-likeness (QED) is 0.634. The second-order valence-electron chi connectivity index (χ2n) is 3.34. The van der Waals surface area contributed by atoms with Crippen LogP contribution in [0, 0.1) is 0 Å². The van der Waals surface area contributed by atoms with E-state index < -0.39 is 12.0 Å². The third-order valence-electron chi connectivity index (χ3n) is 2.05. The van der Waals surface area contributed by atoms with Gasteiger partial charge in [0.1, 0.15) is 6.54 Å². The summed E-state index contributed by atoms with van der Waals surface area (Å²) in [5.41, 5.74) is 0.675. The molecule has 0 spiro atoms. The zero-order chi connectivity index (χ0) is 13.4. The molecule has 0 aliphatic heterocycles. The highest BCUT2D eigenvalue weighted by Crippen LogP contribution is 2.17. The number of carbonyl (C=O) groups excluding carboxylic acids is 2. The molecule has 1 aromatic rings. The first-order valence-electron chi connectivity index (χ1n) is 5.50. The Morgan fingerprint density at radius 2 is 1.94 bits per heavy atom. The van der Waals surface area contributed by atoms with Crippen LogP contribution >= 0.6 is 11.8 Å². The van der Waals surface area contributed by atoms with Crippen LogP contribution in [0.25, 0.3) is 0 Å². The van der Waals surface area contributed by atoms with Crippen molar-refractivity contribution in [2.75, 3.05) is 24.7 Å². The SMILES string of the molecule is CCOC(=O)CNC(=O)Nc1ccc(SC)cc1. The number of rotatable bonds is 5. The van der Waals surface area contributed by atoms with Crippen LogP contribution in [0.1, 0.15) is 6.92 Å². The smallest absolute Gasteiger partial charge is 0.325 e. The second-order valence-corrected chi connectivity index (χ2v) is 4.22. The number of hydrogen-bond acceptors (Lipinski definition) is 4. The topological polar surface area (TPSA) is 67.4 Å². The summed E-state index contributed by atoms with van der Waals surface area (Å²) in [5.74, 6) is -0.453. The fourth-order valence-corrected chi connectivity index (χ4v) is 1.62. The lowest BCUT2D eigenvalue weighted by molar-refractivity contribution is -0.141. The standard InChI is InChI=1S/C12H16N2O3S/c1-3-17-11(15)8-13-12(16)14-9-4-6-10(18-2)7-5-9/h4-7H,3,8H2,1-2H3,(H2,13,14,16). The van der Waals surface area contributed by atoms with Gasteiger partial charge >= 0.3 is 12.0 Å². The summed E-state index contributed by atoms with van der Waals surface area (Å²) in [7, 11) is 0. The summed E-state index contributed by atoms with van der Waals surface area (Å²) in [6.45, 7) is 1.88. The van der Waals surface area contributed by atoms with E-state index in [1.54, 1.807) is 30.8 Å². The number of anilines is 1. The van der Waals surface area contributed by atoms with E-state index in [2.05, 4.69) is 15.4 Å². The van der Waals surface area contributed by atoms with E-state index in [4.69, 9.17) is 0 Å². The molecule has 18 heavy (non-hydrogen) atoms. The van der Waals surface area contributed by atoms with Gasteiger partial charge in [-0.1, -0.05) is 0 Å². The molecule has 2 amide bonds. The van der Waals surface area contributed by atoms with E-state index in [-0.39, 0.29) is 6.54 Å². The number of hydrogen-bond donors (Lipinski definition) is 2. The Hall–Kier alpha value is -1.69. The first kappa shape index (κ1) is 14.4. The molecule has 5 nitrogen and oxygen atoms in total. The van der Waals surface area contributed by atoms with Crippen molar-refractivity contribution in [1.29, 1.82) is 0 Å². The number of ether oxygens (including phenoxy) is 1. The minimum absolute atomic E-state index is 0.136. The highest BCUT2D eigenvalue weighted by Gasteiger charge is 2.05. The third-order valence-corrected chi connectivity index (χ3v) is 2.79. The molecule has 6 heteroatoms. The summed E-state index contributed by atoms with van der Waals surface area (Å²) in [5, 5.41) is 5.04. The summed E-state index contributed by atoms with van der Waals surface area (Å²) < 4.78 is 4.69. The summed E-state index contributed by atoms with van der Waals surface area (Å²) >= 11 is 1.63. The van der Waals surface area contributed by atoms with Crippen molar-refractivity contribution in [3.05, 3.63) is 24.3 Å². The second kappa shape index (κ2) is 7.60. The number of urea groups is 1. The number of esters is 1. The first-order valence-corrected chi connectivity index (χ1v) is 6.72. The molecule has 1 aromatic carbocycles. The normalized spacial score (nSPS) is 9.67. The minimum Gasteiger partial charge on any atom is -0.465 e. The molecule has 0 aromatic heterocycles. The molecule has 0 fully saturated rings. The molecular formula is C12H16N2O3S. The number of nitrogens with one attached hydrogen (secondary N) is 2. The maximum Gasteiger partial charge on any atom is 0.325 e. The van der Waals surface area contributed by atoms with Crippen LogP contribution in [-0.2, 0) is 9.53 Å². The number of thioether (sulfide) groups is 1. The van der Waals surface area contributed by atoms with Crippen LogP contribution in [0.5, 0.6) is 0 Å². The van der Waals surface area contributed by atoms with Crippen molar-refractivity contribution in [2.45, 2.75) is 11.8 Å². The van der Waals surface area contributed by atoms with Gasteiger partial charge in [0.15, 0.2) is 0 Å². The molecule has 0 aliphatic rings. The van der Waals surface area contributed by atoms with Gasteiger partial charge in [0.05, 0.1) is 6.61 Å². The molecule has 2 N–H and O–H groups in total. The van der Waals surface area contributed by atoms with Crippen LogP contribution in [0.2, 0.25) is 0 Å². The lowest BCUT2D eigenvalue weighted by atomic mass is 10.3.